The van der Waals surface area contributed by atoms with E-state index in [2.05, 4.69) is 10.1 Å². The van der Waals surface area contributed by atoms with Crippen LogP contribution in [0.5, 0.6) is 0 Å². The van der Waals surface area contributed by atoms with Crippen LogP contribution in [0.25, 0.3) is 5.69 Å². The Kier molecular flexibility index (Phi) is 3.54. The minimum absolute atomic E-state index is 0.0485. The van der Waals surface area contributed by atoms with Crippen molar-refractivity contribution in [1.82, 2.24) is 14.8 Å². The lowest BCUT2D eigenvalue weighted by Gasteiger charge is -2.13. The number of aryl methyl sites for hydroxylation is 2. The number of hydrogen-bond donors (Lipinski definition) is 0. The zero-order valence-electron chi connectivity index (χ0n) is 10.3. The van der Waals surface area contributed by atoms with E-state index in [0.29, 0.717) is 17.3 Å². The number of aromatic nitrogens is 3. The van der Waals surface area contributed by atoms with Crippen LogP contribution >= 0.6 is 11.6 Å². The number of alkyl halides is 4. The number of benzene rings is 1. The summed E-state index contributed by atoms with van der Waals surface area (Å²) in [6, 6.07) is 3.95. The maximum Gasteiger partial charge on any atom is 0.416 e. The van der Waals surface area contributed by atoms with Crippen molar-refractivity contribution < 1.29 is 13.2 Å². The molecule has 19 heavy (non-hydrogen) atoms. The molecule has 0 unspecified atom stereocenters. The van der Waals surface area contributed by atoms with Crippen molar-refractivity contribution in [3.8, 4) is 5.69 Å². The minimum Gasteiger partial charge on any atom is -0.218 e. The number of nitrogens with zero attached hydrogens (tertiary/aromatic N) is 3. The monoisotopic (exact) mass is 289 g/mol. The molecule has 1 aromatic heterocycles. The molecule has 0 aliphatic carbocycles. The quantitative estimate of drug-likeness (QED) is 0.790. The van der Waals surface area contributed by atoms with E-state index in [9.17, 15) is 13.2 Å². The molecule has 1 aromatic carbocycles. The Morgan fingerprint density at radius 1 is 1.26 bits per heavy atom. The summed E-state index contributed by atoms with van der Waals surface area (Å²) >= 11 is 5.54. The molecular formula is C12H11ClF3N3. The van der Waals surface area contributed by atoms with E-state index in [4.69, 9.17) is 11.6 Å². The zero-order chi connectivity index (χ0) is 14.2. The first kappa shape index (κ1) is 13.9. The van der Waals surface area contributed by atoms with Crippen molar-refractivity contribution in [1.29, 1.82) is 0 Å². The Balaban J connectivity index is 2.58. The first-order chi connectivity index (χ1) is 8.82. The molecule has 0 N–H and O–H groups in total. The maximum absolute atomic E-state index is 12.9. The summed E-state index contributed by atoms with van der Waals surface area (Å²) in [6.07, 6.45) is -4.44. The van der Waals surface area contributed by atoms with Crippen molar-refractivity contribution in [2.24, 2.45) is 0 Å². The molecule has 0 saturated heterocycles. The second kappa shape index (κ2) is 4.85. The second-order valence-electron chi connectivity index (χ2n) is 4.09. The van der Waals surface area contributed by atoms with Crippen LogP contribution in [0.15, 0.2) is 18.2 Å². The van der Waals surface area contributed by atoms with Crippen molar-refractivity contribution in [3.63, 3.8) is 0 Å². The molecular weight excluding hydrogens is 279 g/mol. The summed E-state index contributed by atoms with van der Waals surface area (Å²) in [7, 11) is 0. The van der Waals surface area contributed by atoms with E-state index in [1.54, 1.807) is 19.9 Å². The van der Waals surface area contributed by atoms with E-state index in [1.165, 1.54) is 10.7 Å². The van der Waals surface area contributed by atoms with E-state index in [1.807, 2.05) is 0 Å². The minimum atomic E-state index is -4.44. The Bertz CT molecular complexity index is 605. The van der Waals surface area contributed by atoms with Gasteiger partial charge in [-0.1, -0.05) is 6.07 Å². The van der Waals surface area contributed by atoms with Crippen LogP contribution in [0.1, 0.15) is 22.8 Å². The highest BCUT2D eigenvalue weighted by Gasteiger charge is 2.33. The summed E-state index contributed by atoms with van der Waals surface area (Å²) in [6.45, 7) is 3.37. The summed E-state index contributed by atoms with van der Waals surface area (Å²) in [5.74, 6) is 0.849. The Labute approximate surface area is 113 Å². The molecule has 2 aromatic rings. The number of hydrogen-bond acceptors (Lipinski definition) is 2. The molecule has 0 spiro atoms. The molecule has 0 amide bonds. The van der Waals surface area contributed by atoms with Gasteiger partial charge in [-0.3, -0.25) is 0 Å². The highest BCUT2D eigenvalue weighted by molar-refractivity contribution is 6.17. The number of halogens is 4. The fourth-order valence-corrected chi connectivity index (χ4v) is 2.08. The van der Waals surface area contributed by atoms with Crippen LogP contribution in [0, 0.1) is 13.8 Å². The molecule has 7 heteroatoms. The Morgan fingerprint density at radius 2 is 1.95 bits per heavy atom. The summed E-state index contributed by atoms with van der Waals surface area (Å²) in [5.41, 5.74) is -0.376. The third kappa shape index (κ3) is 2.73. The van der Waals surface area contributed by atoms with Gasteiger partial charge >= 0.3 is 6.18 Å². The highest BCUT2D eigenvalue weighted by atomic mass is 35.5. The first-order valence-electron chi connectivity index (χ1n) is 5.49. The van der Waals surface area contributed by atoms with Crippen LogP contribution < -0.4 is 0 Å². The maximum atomic E-state index is 12.9. The second-order valence-corrected chi connectivity index (χ2v) is 4.36. The van der Waals surface area contributed by atoms with Gasteiger partial charge < -0.3 is 0 Å². The van der Waals surface area contributed by atoms with Gasteiger partial charge in [-0.15, -0.1) is 11.6 Å². The van der Waals surface area contributed by atoms with Crippen LogP contribution in [0.4, 0.5) is 13.2 Å². The molecule has 0 bridgehead atoms. The fraction of sp³-hybridized carbons (Fsp3) is 0.333. The summed E-state index contributed by atoms with van der Waals surface area (Å²) in [5, 5.41) is 4.06. The molecule has 0 fully saturated rings. The van der Waals surface area contributed by atoms with Gasteiger partial charge in [-0.25, -0.2) is 9.67 Å². The lowest BCUT2D eigenvalue weighted by molar-refractivity contribution is -0.138. The van der Waals surface area contributed by atoms with Gasteiger partial charge in [0.1, 0.15) is 11.6 Å². The molecule has 0 aliphatic heterocycles. The molecule has 102 valence electrons. The van der Waals surface area contributed by atoms with Gasteiger partial charge in [0.2, 0.25) is 0 Å². The predicted molar refractivity (Wildman–Crippen MR) is 65.4 cm³/mol. The van der Waals surface area contributed by atoms with Crippen molar-refractivity contribution >= 4 is 11.6 Å². The Morgan fingerprint density at radius 3 is 2.42 bits per heavy atom. The van der Waals surface area contributed by atoms with Crippen molar-refractivity contribution in [2.75, 3.05) is 0 Å². The van der Waals surface area contributed by atoms with Gasteiger partial charge in [0, 0.05) is 5.88 Å². The smallest absolute Gasteiger partial charge is 0.218 e. The van der Waals surface area contributed by atoms with Crippen LogP contribution in [0.2, 0.25) is 0 Å². The first-order valence-corrected chi connectivity index (χ1v) is 6.03. The lowest BCUT2D eigenvalue weighted by atomic mass is 10.1. The molecule has 0 saturated carbocycles. The lowest BCUT2D eigenvalue weighted by Crippen LogP contribution is -2.10. The molecule has 1 heterocycles. The van der Waals surface area contributed by atoms with Crippen LogP contribution in [-0.2, 0) is 12.1 Å². The van der Waals surface area contributed by atoms with Gasteiger partial charge in [0.25, 0.3) is 0 Å². The highest BCUT2D eigenvalue weighted by Crippen LogP contribution is 2.34. The Hall–Kier alpha value is -1.56. The SMILES string of the molecule is Cc1nc(C)n(-c2ccc(CCl)c(C(F)(F)F)c2)n1. The van der Waals surface area contributed by atoms with Gasteiger partial charge in [0.15, 0.2) is 0 Å². The molecule has 2 rings (SSSR count). The summed E-state index contributed by atoms with van der Waals surface area (Å²) in [4.78, 5) is 4.07. The fourth-order valence-electron chi connectivity index (χ4n) is 1.84. The largest absolute Gasteiger partial charge is 0.416 e. The zero-order valence-corrected chi connectivity index (χ0v) is 11.0. The predicted octanol–water partition coefficient (Wildman–Crippen LogP) is 3.64. The van der Waals surface area contributed by atoms with E-state index < -0.39 is 11.7 Å². The van der Waals surface area contributed by atoms with Gasteiger partial charge in [0.05, 0.1) is 11.3 Å². The molecule has 0 aliphatic rings. The standard InChI is InChI=1S/C12H11ClF3N3/c1-7-17-8(2)19(18-7)10-4-3-9(6-13)11(5-10)12(14,15)16/h3-5H,6H2,1-2H3. The molecule has 0 atom stereocenters. The molecule has 0 radical (unpaired) electrons. The average molecular weight is 290 g/mol. The van der Waals surface area contributed by atoms with Crippen LogP contribution in [-0.4, -0.2) is 14.8 Å². The average Bonchev–Trinajstić information content (AvgIpc) is 2.66. The van der Waals surface area contributed by atoms with E-state index in [-0.39, 0.29) is 11.4 Å². The third-order valence-corrected chi connectivity index (χ3v) is 2.95. The van der Waals surface area contributed by atoms with Crippen molar-refractivity contribution in [3.05, 3.63) is 41.0 Å². The topological polar surface area (TPSA) is 30.7 Å². The summed E-state index contributed by atoms with van der Waals surface area (Å²) < 4.78 is 40.2. The van der Waals surface area contributed by atoms with Gasteiger partial charge in [-0.2, -0.15) is 18.3 Å². The molecule has 3 nitrogen and oxygen atoms in total. The van der Waals surface area contributed by atoms with E-state index >= 15 is 0 Å². The number of rotatable bonds is 2. The third-order valence-electron chi connectivity index (χ3n) is 2.66. The van der Waals surface area contributed by atoms with Gasteiger partial charge in [-0.05, 0) is 31.5 Å². The van der Waals surface area contributed by atoms with Crippen molar-refractivity contribution in [2.45, 2.75) is 25.9 Å². The van der Waals surface area contributed by atoms with E-state index in [0.717, 1.165) is 6.07 Å². The van der Waals surface area contributed by atoms with Crippen LogP contribution in [0.3, 0.4) is 0 Å². The normalized spacial score (nSPS) is 11.9.